The molecule has 7 nitrogen and oxygen atoms in total. The molecular formula is C32H28ClN3O4. The number of esters is 1. The summed E-state index contributed by atoms with van der Waals surface area (Å²) in [6, 6.07) is 27.9. The molecule has 40 heavy (non-hydrogen) atoms. The summed E-state index contributed by atoms with van der Waals surface area (Å²) in [6.45, 7) is 0.461. The van der Waals surface area contributed by atoms with E-state index in [0.717, 1.165) is 22.3 Å². The van der Waals surface area contributed by atoms with Gasteiger partial charge in [-0.2, -0.15) is 0 Å². The number of carbonyl (C=O) groups excluding carboxylic acids is 2. The highest BCUT2D eigenvalue weighted by molar-refractivity contribution is 6.30. The Morgan fingerprint density at radius 2 is 1.57 bits per heavy atom. The molecule has 0 aliphatic rings. The van der Waals surface area contributed by atoms with Gasteiger partial charge in [-0.1, -0.05) is 66.2 Å². The molecule has 0 radical (unpaired) electrons. The molecule has 202 valence electrons. The highest BCUT2D eigenvalue weighted by Gasteiger charge is 2.30. The number of halogens is 1. The molecule has 0 N–H and O–H groups in total. The molecule has 8 heteroatoms. The number of hydrogen-bond acceptors (Lipinski definition) is 5. The van der Waals surface area contributed by atoms with E-state index in [0.29, 0.717) is 23.0 Å². The van der Waals surface area contributed by atoms with Crippen molar-refractivity contribution in [1.82, 2.24) is 14.3 Å². The molecule has 0 spiro atoms. The lowest BCUT2D eigenvalue weighted by Crippen LogP contribution is -2.44. The van der Waals surface area contributed by atoms with Crippen molar-refractivity contribution < 1.29 is 19.1 Å². The van der Waals surface area contributed by atoms with Crippen molar-refractivity contribution in [2.24, 2.45) is 0 Å². The third-order valence-electron chi connectivity index (χ3n) is 6.71. The number of imidazole rings is 1. The minimum Gasteiger partial charge on any atom is -0.489 e. The minimum absolute atomic E-state index is 0.231. The van der Waals surface area contributed by atoms with Gasteiger partial charge in [0, 0.05) is 30.9 Å². The summed E-state index contributed by atoms with van der Waals surface area (Å²) < 4.78 is 12.7. The molecule has 0 aliphatic heterocycles. The van der Waals surface area contributed by atoms with Gasteiger partial charge in [-0.25, -0.2) is 9.78 Å². The van der Waals surface area contributed by atoms with E-state index in [-0.39, 0.29) is 18.0 Å². The van der Waals surface area contributed by atoms with Crippen LogP contribution in [0.5, 0.6) is 5.75 Å². The number of likely N-dealkylation sites (N-methyl/N-ethyl adjacent to an activating group) is 1. The van der Waals surface area contributed by atoms with E-state index in [1.165, 1.54) is 12.0 Å². The summed E-state index contributed by atoms with van der Waals surface area (Å²) in [4.78, 5) is 32.1. The largest absolute Gasteiger partial charge is 0.489 e. The molecule has 5 aromatic rings. The summed E-state index contributed by atoms with van der Waals surface area (Å²) in [5.74, 6) is -0.168. The smallest absolute Gasteiger partial charge is 0.328 e. The summed E-state index contributed by atoms with van der Waals surface area (Å²) in [7, 11) is 2.90. The first-order chi connectivity index (χ1) is 19.4. The van der Waals surface area contributed by atoms with Gasteiger partial charge in [0.1, 0.15) is 29.7 Å². The summed E-state index contributed by atoms with van der Waals surface area (Å²) in [5, 5.41) is 0.663. The first kappa shape index (κ1) is 27.0. The van der Waals surface area contributed by atoms with Gasteiger partial charge in [-0.05, 0) is 58.7 Å². The van der Waals surface area contributed by atoms with Crippen LogP contribution in [-0.4, -0.2) is 46.4 Å². The van der Waals surface area contributed by atoms with Gasteiger partial charge in [0.25, 0.3) is 5.91 Å². The van der Waals surface area contributed by atoms with E-state index in [9.17, 15) is 9.59 Å². The van der Waals surface area contributed by atoms with Crippen molar-refractivity contribution in [3.8, 4) is 16.9 Å². The fourth-order valence-corrected chi connectivity index (χ4v) is 4.56. The van der Waals surface area contributed by atoms with Crippen molar-refractivity contribution in [2.75, 3.05) is 14.2 Å². The molecule has 0 saturated heterocycles. The second-order valence-electron chi connectivity index (χ2n) is 9.39. The summed E-state index contributed by atoms with van der Waals surface area (Å²) in [6.07, 6.45) is 3.85. The number of rotatable bonds is 9. The lowest BCUT2D eigenvalue weighted by molar-refractivity contribution is -0.145. The maximum absolute atomic E-state index is 13.4. The van der Waals surface area contributed by atoms with E-state index in [4.69, 9.17) is 21.1 Å². The number of fused-ring (bicyclic) bond motifs is 1. The van der Waals surface area contributed by atoms with Crippen LogP contribution >= 0.6 is 11.6 Å². The van der Waals surface area contributed by atoms with Crippen LogP contribution in [0.3, 0.4) is 0 Å². The second kappa shape index (κ2) is 12.1. The highest BCUT2D eigenvalue weighted by atomic mass is 35.5. The predicted molar refractivity (Wildman–Crippen MR) is 154 cm³/mol. The molecule has 2 heterocycles. The molecule has 1 unspecified atom stereocenters. The lowest BCUT2D eigenvalue weighted by atomic mass is 10.0. The zero-order chi connectivity index (χ0) is 28.1. The van der Waals surface area contributed by atoms with Crippen LogP contribution in [0.1, 0.15) is 21.6 Å². The van der Waals surface area contributed by atoms with Gasteiger partial charge in [-0.3, -0.25) is 4.79 Å². The molecule has 2 aromatic heterocycles. The van der Waals surface area contributed by atoms with E-state index >= 15 is 0 Å². The predicted octanol–water partition coefficient (Wildman–Crippen LogP) is 6.09. The normalized spacial score (nSPS) is 11.7. The van der Waals surface area contributed by atoms with Crippen molar-refractivity contribution >= 4 is 29.1 Å². The standard InChI is InChI=1S/C32H28ClN3O4/c1-35(31(37)28-20-36-19-25(12-17-30(36)34-28)24-10-13-26(33)14-11-24)29(32(38)39-2)18-22-8-15-27(16-9-22)40-21-23-6-4-3-5-7-23/h3-17,19-20,29H,18,21H2,1-2H3. The van der Waals surface area contributed by atoms with E-state index in [1.807, 2.05) is 97.2 Å². The molecular weight excluding hydrogens is 526 g/mol. The Hall–Kier alpha value is -4.62. The Morgan fingerprint density at radius 3 is 2.27 bits per heavy atom. The summed E-state index contributed by atoms with van der Waals surface area (Å²) >= 11 is 6.02. The van der Waals surface area contributed by atoms with Crippen molar-refractivity contribution in [1.29, 1.82) is 0 Å². The second-order valence-corrected chi connectivity index (χ2v) is 9.83. The van der Waals surface area contributed by atoms with Gasteiger partial charge in [0.05, 0.1) is 7.11 Å². The molecule has 0 fully saturated rings. The summed E-state index contributed by atoms with van der Waals surface area (Å²) in [5.41, 5.74) is 4.74. The molecule has 1 atom stereocenters. The SMILES string of the molecule is COC(=O)C(Cc1ccc(OCc2ccccc2)cc1)N(C)C(=O)c1cn2cc(-c3ccc(Cl)cc3)ccc2n1. The Labute approximate surface area is 237 Å². The third-order valence-corrected chi connectivity index (χ3v) is 6.96. The number of hydrogen-bond donors (Lipinski definition) is 0. The number of methoxy groups -OCH3 is 1. The Morgan fingerprint density at radius 1 is 0.875 bits per heavy atom. The van der Waals surface area contributed by atoms with Crippen LogP contribution in [-0.2, 0) is 22.6 Å². The van der Waals surface area contributed by atoms with Crippen LogP contribution < -0.4 is 4.74 Å². The van der Waals surface area contributed by atoms with Gasteiger partial charge < -0.3 is 18.8 Å². The van der Waals surface area contributed by atoms with Crippen LogP contribution in [0.2, 0.25) is 5.02 Å². The monoisotopic (exact) mass is 553 g/mol. The minimum atomic E-state index is -0.831. The van der Waals surface area contributed by atoms with Crippen molar-refractivity contribution in [3.05, 3.63) is 125 Å². The zero-order valence-electron chi connectivity index (χ0n) is 22.2. The number of pyridine rings is 1. The van der Waals surface area contributed by atoms with Crippen LogP contribution in [0, 0.1) is 0 Å². The van der Waals surface area contributed by atoms with Crippen LogP contribution in [0.4, 0.5) is 0 Å². The Balaban J connectivity index is 1.30. The lowest BCUT2D eigenvalue weighted by Gasteiger charge is -2.25. The van der Waals surface area contributed by atoms with Gasteiger partial charge in [0.2, 0.25) is 0 Å². The van der Waals surface area contributed by atoms with Crippen LogP contribution in [0.25, 0.3) is 16.8 Å². The first-order valence-corrected chi connectivity index (χ1v) is 13.1. The first-order valence-electron chi connectivity index (χ1n) is 12.8. The maximum atomic E-state index is 13.4. The van der Waals surface area contributed by atoms with Crippen molar-refractivity contribution in [3.63, 3.8) is 0 Å². The molecule has 0 aliphatic carbocycles. The average molecular weight is 554 g/mol. The maximum Gasteiger partial charge on any atom is 0.328 e. The van der Waals surface area contributed by atoms with Gasteiger partial charge in [0.15, 0.2) is 0 Å². The zero-order valence-corrected chi connectivity index (χ0v) is 22.9. The topological polar surface area (TPSA) is 73.1 Å². The number of nitrogens with zero attached hydrogens (tertiary/aromatic N) is 3. The Bertz CT molecular complexity index is 1620. The number of carbonyl (C=O) groups is 2. The van der Waals surface area contributed by atoms with E-state index in [1.54, 1.807) is 17.6 Å². The van der Waals surface area contributed by atoms with E-state index < -0.39 is 12.0 Å². The fourth-order valence-electron chi connectivity index (χ4n) is 4.43. The molecule has 0 bridgehead atoms. The van der Waals surface area contributed by atoms with Gasteiger partial charge in [-0.15, -0.1) is 0 Å². The van der Waals surface area contributed by atoms with Crippen LogP contribution in [0.15, 0.2) is 103 Å². The molecule has 5 rings (SSSR count). The number of ether oxygens (including phenoxy) is 2. The molecule has 0 saturated carbocycles. The highest BCUT2D eigenvalue weighted by Crippen LogP contribution is 2.23. The average Bonchev–Trinajstić information content (AvgIpc) is 3.43. The van der Waals surface area contributed by atoms with Crippen molar-refractivity contribution in [2.45, 2.75) is 19.1 Å². The number of amides is 1. The van der Waals surface area contributed by atoms with Gasteiger partial charge >= 0.3 is 5.97 Å². The van der Waals surface area contributed by atoms with E-state index in [2.05, 4.69) is 4.98 Å². The fraction of sp³-hybridized carbons (Fsp3) is 0.156. The third kappa shape index (κ3) is 6.16. The molecule has 1 amide bonds. The molecule has 3 aromatic carbocycles. The Kier molecular flexibility index (Phi) is 8.12. The number of benzene rings is 3. The number of aromatic nitrogens is 2. The quantitative estimate of drug-likeness (QED) is 0.207.